The average molecular weight is 543 g/mol. The quantitative estimate of drug-likeness (QED) is 0.273. The lowest BCUT2D eigenvalue weighted by Gasteiger charge is -2.42. The number of allylic oxidation sites excluding steroid dienone is 1. The maximum Gasteiger partial charge on any atom is 0.228 e. The van der Waals surface area contributed by atoms with Gasteiger partial charge in [-0.15, -0.1) is 0 Å². The minimum atomic E-state index is -0.289. The Bertz CT molecular complexity index is 1300. The number of nitrogens with one attached hydrogen (secondary N) is 1. The first-order chi connectivity index (χ1) is 19.6. The van der Waals surface area contributed by atoms with Crippen LogP contribution in [0.15, 0.2) is 69.8 Å². The van der Waals surface area contributed by atoms with Crippen LogP contribution in [0.2, 0.25) is 0 Å². The summed E-state index contributed by atoms with van der Waals surface area (Å²) in [5.74, 6) is 4.07. The van der Waals surface area contributed by atoms with E-state index in [0.29, 0.717) is 61.1 Å². The molecule has 208 valence electrons. The Kier molecular flexibility index (Phi) is 8.77. The zero-order valence-corrected chi connectivity index (χ0v) is 22.7. The molecule has 1 aromatic rings. The Morgan fingerprint density at radius 3 is 2.65 bits per heavy atom. The molecule has 3 aliphatic heterocycles. The number of benzene rings is 1. The van der Waals surface area contributed by atoms with Crippen molar-refractivity contribution >= 4 is 24.3 Å². The summed E-state index contributed by atoms with van der Waals surface area (Å²) in [7, 11) is 1.62. The van der Waals surface area contributed by atoms with E-state index in [4.69, 9.17) is 14.7 Å². The number of hydrogen-bond donors (Lipinski definition) is 1. The summed E-state index contributed by atoms with van der Waals surface area (Å²) in [5.41, 5.74) is 3.28. The summed E-state index contributed by atoms with van der Waals surface area (Å²) in [6.45, 7) is 5.09. The highest BCUT2D eigenvalue weighted by Crippen LogP contribution is 2.34. The first kappa shape index (κ1) is 27.4. The van der Waals surface area contributed by atoms with Crippen LogP contribution in [0.25, 0.3) is 0 Å². The predicted octanol–water partition coefficient (Wildman–Crippen LogP) is 2.35. The third kappa shape index (κ3) is 5.87. The number of carbonyl (C=O) groups excluding carboxylic acids is 2. The fourth-order valence-corrected chi connectivity index (χ4v) is 5.65. The van der Waals surface area contributed by atoms with E-state index in [0.717, 1.165) is 49.5 Å². The van der Waals surface area contributed by atoms with Gasteiger partial charge in [-0.1, -0.05) is 0 Å². The van der Waals surface area contributed by atoms with Gasteiger partial charge in [0.25, 0.3) is 0 Å². The van der Waals surface area contributed by atoms with E-state index in [1.54, 1.807) is 42.6 Å². The van der Waals surface area contributed by atoms with Gasteiger partial charge in [-0.3, -0.25) is 9.79 Å². The SMILES string of the molecule is COC1=CC2=C(N3CCN(N(C=O)c4ccc(C#N)cc4)CC3)C(=C=O)C=NC2C=C1OCCCC1CCNC1. The zero-order valence-electron chi connectivity index (χ0n) is 22.7. The Balaban J connectivity index is 1.28. The number of nitrogens with zero attached hydrogens (tertiary/aromatic N) is 5. The summed E-state index contributed by atoms with van der Waals surface area (Å²) >= 11 is 0. The topological polar surface area (TPSA) is 110 Å². The summed E-state index contributed by atoms with van der Waals surface area (Å²) < 4.78 is 11.8. The second-order valence-corrected chi connectivity index (χ2v) is 10.2. The Labute approximate surface area is 234 Å². The molecule has 0 bridgehead atoms. The van der Waals surface area contributed by atoms with Crippen molar-refractivity contribution in [2.24, 2.45) is 10.9 Å². The second kappa shape index (κ2) is 12.8. The van der Waals surface area contributed by atoms with E-state index in [2.05, 4.69) is 27.2 Å². The van der Waals surface area contributed by atoms with Crippen molar-refractivity contribution in [1.82, 2.24) is 15.2 Å². The van der Waals surface area contributed by atoms with Gasteiger partial charge in [0.05, 0.1) is 42.8 Å². The molecule has 2 atom stereocenters. The number of rotatable bonds is 10. The number of carbonyl (C=O) groups is 1. The monoisotopic (exact) mass is 542 g/mol. The number of hydrazine groups is 1. The highest BCUT2D eigenvalue weighted by atomic mass is 16.5. The normalized spacial score (nSPS) is 22.6. The molecule has 0 saturated carbocycles. The molecule has 10 heteroatoms. The van der Waals surface area contributed by atoms with Crippen LogP contribution in [0.1, 0.15) is 24.8 Å². The summed E-state index contributed by atoms with van der Waals surface area (Å²) in [6, 6.07) is 8.71. The number of fused-ring (bicyclic) bond motifs is 1. The van der Waals surface area contributed by atoms with Crippen molar-refractivity contribution in [2.75, 3.05) is 58.0 Å². The van der Waals surface area contributed by atoms with Crippen molar-refractivity contribution < 1.29 is 19.1 Å². The smallest absolute Gasteiger partial charge is 0.228 e. The summed E-state index contributed by atoms with van der Waals surface area (Å²) in [4.78, 5) is 30.7. The summed E-state index contributed by atoms with van der Waals surface area (Å²) in [6.07, 6.45) is 9.59. The van der Waals surface area contributed by atoms with E-state index in [-0.39, 0.29) is 6.04 Å². The van der Waals surface area contributed by atoms with Gasteiger partial charge in [0, 0.05) is 38.0 Å². The number of hydrogen-bond acceptors (Lipinski definition) is 9. The fourth-order valence-electron chi connectivity index (χ4n) is 5.65. The molecule has 2 fully saturated rings. The molecule has 1 amide bonds. The third-order valence-corrected chi connectivity index (χ3v) is 7.79. The molecule has 0 aromatic heterocycles. The molecule has 4 aliphatic rings. The largest absolute Gasteiger partial charge is 0.493 e. The molecule has 5 rings (SSSR count). The van der Waals surface area contributed by atoms with E-state index >= 15 is 0 Å². The van der Waals surface area contributed by atoms with E-state index < -0.39 is 0 Å². The van der Waals surface area contributed by atoms with Crippen molar-refractivity contribution in [3.05, 3.63) is 70.3 Å². The number of amides is 1. The molecule has 0 spiro atoms. The number of ether oxygens (including phenoxy) is 2. The molecule has 2 saturated heterocycles. The minimum Gasteiger partial charge on any atom is -0.493 e. The number of aliphatic imine (C=N–C) groups is 1. The number of methoxy groups -OCH3 is 1. The first-order valence-corrected chi connectivity index (χ1v) is 13.7. The summed E-state index contributed by atoms with van der Waals surface area (Å²) in [5, 5.41) is 16.0. The predicted molar refractivity (Wildman–Crippen MR) is 151 cm³/mol. The van der Waals surface area contributed by atoms with Crippen molar-refractivity contribution in [2.45, 2.75) is 25.3 Å². The highest BCUT2D eigenvalue weighted by molar-refractivity contribution is 5.97. The lowest BCUT2D eigenvalue weighted by molar-refractivity contribution is -0.110. The lowest BCUT2D eigenvalue weighted by Crippen LogP contribution is -2.53. The zero-order chi connectivity index (χ0) is 27.9. The molecule has 1 aliphatic carbocycles. The van der Waals surface area contributed by atoms with Gasteiger partial charge in [0.2, 0.25) is 6.41 Å². The van der Waals surface area contributed by atoms with Crippen LogP contribution in [0.5, 0.6) is 0 Å². The van der Waals surface area contributed by atoms with Crippen LogP contribution in [0.4, 0.5) is 5.69 Å². The molecular weight excluding hydrogens is 508 g/mol. The van der Waals surface area contributed by atoms with Crippen LogP contribution < -0.4 is 10.3 Å². The molecule has 40 heavy (non-hydrogen) atoms. The second-order valence-electron chi connectivity index (χ2n) is 10.2. The molecule has 0 radical (unpaired) electrons. The number of nitriles is 1. The van der Waals surface area contributed by atoms with Crippen molar-refractivity contribution in [1.29, 1.82) is 5.26 Å². The number of piperazine rings is 1. The van der Waals surface area contributed by atoms with Gasteiger partial charge < -0.3 is 19.7 Å². The van der Waals surface area contributed by atoms with Crippen molar-refractivity contribution in [3.63, 3.8) is 0 Å². The highest BCUT2D eigenvalue weighted by Gasteiger charge is 2.33. The third-order valence-electron chi connectivity index (χ3n) is 7.79. The molecule has 3 heterocycles. The molecule has 2 unspecified atom stereocenters. The fraction of sp³-hybridized carbons (Fsp3) is 0.433. The van der Waals surface area contributed by atoms with Crippen molar-refractivity contribution in [3.8, 4) is 6.07 Å². The van der Waals surface area contributed by atoms with Crippen LogP contribution in [-0.4, -0.2) is 87.5 Å². The maximum atomic E-state index is 12.0. The molecule has 10 nitrogen and oxygen atoms in total. The average Bonchev–Trinajstić information content (AvgIpc) is 3.53. The van der Waals surface area contributed by atoms with E-state index in [1.165, 1.54) is 6.42 Å². The standard InChI is InChI=1S/C30H34N6O4/c1-39-28-15-26-27(16-29(28)40-14-2-3-23-8-9-32-18-23)33-19-24(20-37)30(26)34-10-12-35(13-11-34)36(21-38)25-6-4-22(17-31)5-7-25/h4-7,15-16,19,21,23,27,32H,2-3,8-14,18H2,1H3. The number of anilines is 1. The van der Waals surface area contributed by atoms with Crippen LogP contribution >= 0.6 is 0 Å². The molecule has 1 aromatic carbocycles. The van der Waals surface area contributed by atoms with Gasteiger partial charge in [-0.25, -0.2) is 14.8 Å². The van der Waals surface area contributed by atoms with Crippen LogP contribution in [0.3, 0.4) is 0 Å². The Morgan fingerprint density at radius 1 is 1.20 bits per heavy atom. The van der Waals surface area contributed by atoms with Gasteiger partial charge in [0.1, 0.15) is 11.5 Å². The van der Waals surface area contributed by atoms with Gasteiger partial charge in [-0.05, 0) is 74.7 Å². The van der Waals surface area contributed by atoms with E-state index in [9.17, 15) is 9.59 Å². The molecular formula is C30H34N6O4. The van der Waals surface area contributed by atoms with Gasteiger partial charge in [-0.2, -0.15) is 5.26 Å². The molecule has 1 N–H and O–H groups in total. The Morgan fingerprint density at radius 2 is 2.00 bits per heavy atom. The Hall–Kier alpha value is -4.16. The van der Waals surface area contributed by atoms with Gasteiger partial charge >= 0.3 is 0 Å². The first-order valence-electron chi connectivity index (χ1n) is 13.7. The maximum absolute atomic E-state index is 12.0. The van der Waals surface area contributed by atoms with Crippen LogP contribution in [0, 0.1) is 17.2 Å². The van der Waals surface area contributed by atoms with E-state index in [1.807, 2.05) is 17.2 Å². The minimum absolute atomic E-state index is 0.289. The van der Waals surface area contributed by atoms with Gasteiger partial charge in [0.15, 0.2) is 11.5 Å². The van der Waals surface area contributed by atoms with Crippen LogP contribution in [-0.2, 0) is 19.1 Å². The lowest BCUT2D eigenvalue weighted by atomic mass is 9.92. The number of dihydropyridines is 1.